The lowest BCUT2D eigenvalue weighted by molar-refractivity contribution is -0.120. The molecule has 0 spiro atoms. The van der Waals surface area contributed by atoms with Crippen molar-refractivity contribution >= 4 is 29.1 Å². The zero-order valence-corrected chi connectivity index (χ0v) is 19.6. The third-order valence-electron chi connectivity index (χ3n) is 6.19. The fourth-order valence-corrected chi connectivity index (χ4v) is 4.48. The molecule has 2 aliphatic heterocycles. The van der Waals surface area contributed by atoms with Gasteiger partial charge in [0.15, 0.2) is 0 Å². The molecule has 1 atom stereocenters. The van der Waals surface area contributed by atoms with Crippen molar-refractivity contribution in [1.29, 1.82) is 0 Å². The summed E-state index contributed by atoms with van der Waals surface area (Å²) in [7, 11) is 0. The Morgan fingerprint density at radius 2 is 1.76 bits per heavy atom. The molecule has 2 heterocycles. The van der Waals surface area contributed by atoms with Crippen molar-refractivity contribution < 1.29 is 14.4 Å². The van der Waals surface area contributed by atoms with Crippen molar-refractivity contribution in [3.05, 3.63) is 59.2 Å². The van der Waals surface area contributed by atoms with Gasteiger partial charge in [-0.3, -0.25) is 14.4 Å². The molecule has 2 aliphatic rings. The highest BCUT2D eigenvalue weighted by Crippen LogP contribution is 2.39. The molecule has 0 bridgehead atoms. The minimum absolute atomic E-state index is 0.0329. The van der Waals surface area contributed by atoms with Crippen LogP contribution in [-0.4, -0.2) is 48.8 Å². The average Bonchev–Trinajstić information content (AvgIpc) is 2.94. The van der Waals surface area contributed by atoms with E-state index in [1.54, 1.807) is 23.1 Å². The number of carbonyl (C=O) groups excluding carboxylic acids is 3. The second-order valence-electron chi connectivity index (χ2n) is 9.31. The van der Waals surface area contributed by atoms with Gasteiger partial charge in [0, 0.05) is 38.2 Å². The Hall–Kier alpha value is -3.19. The minimum atomic E-state index is -0.409. The van der Waals surface area contributed by atoms with Crippen molar-refractivity contribution in [2.24, 2.45) is 5.92 Å². The van der Waals surface area contributed by atoms with Gasteiger partial charge in [-0.1, -0.05) is 43.7 Å². The van der Waals surface area contributed by atoms with E-state index in [-0.39, 0.29) is 30.1 Å². The summed E-state index contributed by atoms with van der Waals surface area (Å²) in [6.07, 6.45) is 0.528. The van der Waals surface area contributed by atoms with Crippen LogP contribution >= 0.6 is 0 Å². The lowest BCUT2D eigenvalue weighted by atomic mass is 9.98. The van der Waals surface area contributed by atoms with Crippen molar-refractivity contribution in [2.45, 2.75) is 39.7 Å². The molecule has 0 saturated carbocycles. The van der Waals surface area contributed by atoms with Gasteiger partial charge in [-0.2, -0.15) is 0 Å². The molecule has 4 rings (SSSR count). The average molecular weight is 449 g/mol. The third kappa shape index (κ3) is 5.09. The Morgan fingerprint density at radius 3 is 2.42 bits per heavy atom. The van der Waals surface area contributed by atoms with Crippen molar-refractivity contribution in [2.75, 3.05) is 36.4 Å². The number of fused-ring (bicyclic) bond motifs is 1. The number of carbonyl (C=O) groups is 3. The van der Waals surface area contributed by atoms with Crippen LogP contribution in [0.25, 0.3) is 0 Å². The van der Waals surface area contributed by atoms with Crippen molar-refractivity contribution in [3.8, 4) is 0 Å². The quantitative estimate of drug-likeness (QED) is 0.750. The smallest absolute Gasteiger partial charge is 0.254 e. The number of amides is 3. The van der Waals surface area contributed by atoms with Crippen LogP contribution in [0.1, 0.15) is 54.2 Å². The van der Waals surface area contributed by atoms with Gasteiger partial charge in [-0.25, -0.2) is 0 Å². The summed E-state index contributed by atoms with van der Waals surface area (Å²) in [5, 5.41) is 6.20. The van der Waals surface area contributed by atoms with Crippen LogP contribution < -0.4 is 15.5 Å². The molecular weight excluding hydrogens is 416 g/mol. The van der Waals surface area contributed by atoms with E-state index < -0.39 is 6.04 Å². The number of nitrogens with one attached hydrogen (secondary N) is 2. The molecule has 0 aromatic heterocycles. The second kappa shape index (κ2) is 9.75. The Balaban J connectivity index is 1.75. The highest BCUT2D eigenvalue weighted by molar-refractivity contribution is 6.06. The second-order valence-corrected chi connectivity index (χ2v) is 9.31. The first-order valence-electron chi connectivity index (χ1n) is 11.7. The Morgan fingerprint density at radius 1 is 1.06 bits per heavy atom. The molecule has 0 radical (unpaired) electrons. The lowest BCUT2D eigenvalue weighted by Crippen LogP contribution is -2.46. The van der Waals surface area contributed by atoms with E-state index in [4.69, 9.17) is 0 Å². The van der Waals surface area contributed by atoms with Crippen molar-refractivity contribution in [3.63, 3.8) is 0 Å². The van der Waals surface area contributed by atoms with E-state index in [0.29, 0.717) is 36.4 Å². The van der Waals surface area contributed by atoms with Gasteiger partial charge in [-0.05, 0) is 36.6 Å². The van der Waals surface area contributed by atoms with Crippen LogP contribution in [0, 0.1) is 12.8 Å². The molecule has 2 N–H and O–H groups in total. The molecule has 33 heavy (non-hydrogen) atoms. The van der Waals surface area contributed by atoms with Crippen LogP contribution in [0.4, 0.5) is 11.4 Å². The first-order chi connectivity index (χ1) is 15.8. The van der Waals surface area contributed by atoms with E-state index in [2.05, 4.69) is 10.6 Å². The molecule has 7 heteroatoms. The molecule has 3 amide bonds. The highest BCUT2D eigenvalue weighted by Gasteiger charge is 2.34. The SMILES string of the molecule is Cc1ccc(C2CC(=O)Nc3cc(C(=O)N4CCNCC4)ccc3N2C(=O)CC(C)C)cc1. The van der Waals surface area contributed by atoms with Crippen LogP contribution in [0.3, 0.4) is 0 Å². The van der Waals surface area contributed by atoms with Crippen LogP contribution in [0.2, 0.25) is 0 Å². The summed E-state index contributed by atoms with van der Waals surface area (Å²) in [5.74, 6) is -0.0871. The topological polar surface area (TPSA) is 81.8 Å². The molecule has 1 unspecified atom stereocenters. The molecule has 7 nitrogen and oxygen atoms in total. The standard InChI is InChI=1S/C26H32N4O3/c1-17(2)14-25(32)30-22-9-8-20(26(33)29-12-10-27-11-13-29)15-21(22)28-24(31)16-23(30)19-6-4-18(3)5-7-19/h4-9,15,17,23,27H,10-14,16H2,1-3H3,(H,28,31). The van der Waals surface area contributed by atoms with Crippen LogP contribution in [0.15, 0.2) is 42.5 Å². The number of nitrogens with zero attached hydrogens (tertiary/aromatic N) is 2. The monoisotopic (exact) mass is 448 g/mol. The van der Waals surface area contributed by atoms with E-state index in [0.717, 1.165) is 24.2 Å². The van der Waals surface area contributed by atoms with Gasteiger partial charge in [0.1, 0.15) is 0 Å². The number of hydrogen-bond donors (Lipinski definition) is 2. The molecule has 0 aliphatic carbocycles. The summed E-state index contributed by atoms with van der Waals surface area (Å²) in [6, 6.07) is 12.8. The van der Waals surface area contributed by atoms with E-state index in [9.17, 15) is 14.4 Å². The fourth-order valence-electron chi connectivity index (χ4n) is 4.48. The molecular formula is C26H32N4O3. The number of rotatable bonds is 4. The lowest BCUT2D eigenvalue weighted by Gasteiger charge is -2.32. The molecule has 2 aromatic carbocycles. The maximum Gasteiger partial charge on any atom is 0.254 e. The normalized spacial score (nSPS) is 18.5. The number of benzene rings is 2. The zero-order valence-electron chi connectivity index (χ0n) is 19.6. The minimum Gasteiger partial charge on any atom is -0.336 e. The zero-order chi connectivity index (χ0) is 23.5. The number of hydrogen-bond acceptors (Lipinski definition) is 4. The fraction of sp³-hybridized carbons (Fsp3) is 0.423. The summed E-state index contributed by atoms with van der Waals surface area (Å²) < 4.78 is 0. The van der Waals surface area contributed by atoms with Gasteiger partial charge < -0.3 is 20.4 Å². The number of aryl methyl sites for hydroxylation is 1. The summed E-state index contributed by atoms with van der Waals surface area (Å²) in [4.78, 5) is 43.0. The molecule has 1 fully saturated rings. The summed E-state index contributed by atoms with van der Waals surface area (Å²) in [6.45, 7) is 8.86. The predicted molar refractivity (Wildman–Crippen MR) is 129 cm³/mol. The Labute approximate surface area is 195 Å². The molecule has 1 saturated heterocycles. The largest absolute Gasteiger partial charge is 0.336 e. The maximum absolute atomic E-state index is 13.5. The van der Waals surface area contributed by atoms with Gasteiger partial charge in [-0.15, -0.1) is 0 Å². The Bertz CT molecular complexity index is 1040. The number of piperazine rings is 1. The van der Waals surface area contributed by atoms with Crippen LogP contribution in [-0.2, 0) is 9.59 Å². The Kier molecular flexibility index (Phi) is 6.79. The highest BCUT2D eigenvalue weighted by atomic mass is 16.2. The van der Waals surface area contributed by atoms with Gasteiger partial charge >= 0.3 is 0 Å². The van der Waals surface area contributed by atoms with Crippen molar-refractivity contribution in [1.82, 2.24) is 10.2 Å². The molecule has 2 aromatic rings. The summed E-state index contributed by atoms with van der Waals surface area (Å²) in [5.41, 5.74) is 3.69. The molecule has 174 valence electrons. The van der Waals surface area contributed by atoms with Crippen LogP contribution in [0.5, 0.6) is 0 Å². The van der Waals surface area contributed by atoms with Gasteiger partial charge in [0.05, 0.1) is 23.8 Å². The first kappa shape index (κ1) is 23.0. The summed E-state index contributed by atoms with van der Waals surface area (Å²) >= 11 is 0. The number of anilines is 2. The van der Waals surface area contributed by atoms with E-state index >= 15 is 0 Å². The predicted octanol–water partition coefficient (Wildman–Crippen LogP) is 3.50. The van der Waals surface area contributed by atoms with Gasteiger partial charge in [0.2, 0.25) is 11.8 Å². The van der Waals surface area contributed by atoms with E-state index in [1.165, 1.54) is 0 Å². The maximum atomic E-state index is 13.5. The van der Waals surface area contributed by atoms with E-state index in [1.807, 2.05) is 49.9 Å². The van der Waals surface area contributed by atoms with Gasteiger partial charge in [0.25, 0.3) is 5.91 Å². The third-order valence-corrected chi connectivity index (χ3v) is 6.19. The first-order valence-corrected chi connectivity index (χ1v) is 11.7.